The van der Waals surface area contributed by atoms with Crippen molar-refractivity contribution in [3.05, 3.63) is 0 Å². The molecule has 0 aromatic rings. The molecule has 4 nitrogen and oxygen atoms in total. The van der Waals surface area contributed by atoms with E-state index in [0.29, 0.717) is 0 Å². The van der Waals surface area contributed by atoms with Gasteiger partial charge in [-0.15, -0.1) is 0 Å². The zero-order valence-corrected chi connectivity index (χ0v) is 13.0. The fourth-order valence-corrected chi connectivity index (χ4v) is 9.88. The Hall–Kier alpha value is 0.274. The first-order valence-corrected chi connectivity index (χ1v) is 11.3. The highest BCUT2D eigenvalue weighted by molar-refractivity contribution is 6.75. The molecule has 0 aromatic heterocycles. The average molecular weight is 260 g/mol. The molecule has 0 radical (unpaired) electrons. The minimum absolute atomic E-state index is 0.925. The predicted octanol–water partition coefficient (Wildman–Crippen LogP) is 1.05. The lowest BCUT2D eigenvalue weighted by atomic mass is 10.7. The molecule has 94 valence electrons. The maximum absolute atomic E-state index is 6.01. The van der Waals surface area contributed by atoms with Crippen molar-refractivity contribution in [2.24, 2.45) is 0 Å². The zero-order valence-electron chi connectivity index (χ0n) is 11.0. The molecular formula is C10H24N2O2Si2. The molecule has 0 N–H and O–H groups in total. The summed E-state index contributed by atoms with van der Waals surface area (Å²) in [6.07, 6.45) is 0. The summed E-state index contributed by atoms with van der Waals surface area (Å²) in [4.78, 5) is 0. The van der Waals surface area contributed by atoms with Crippen LogP contribution in [0.25, 0.3) is 0 Å². The molecule has 0 bridgehead atoms. The van der Waals surface area contributed by atoms with E-state index in [2.05, 4.69) is 36.3 Å². The third-order valence-electron chi connectivity index (χ3n) is 4.35. The van der Waals surface area contributed by atoms with Crippen molar-refractivity contribution in [3.8, 4) is 0 Å². The second-order valence-corrected chi connectivity index (χ2v) is 13.2. The molecule has 0 aromatic carbocycles. The molecule has 2 saturated heterocycles. The maximum atomic E-state index is 6.01. The average Bonchev–Trinajstić information content (AvgIpc) is 2.73. The molecule has 2 fully saturated rings. The van der Waals surface area contributed by atoms with Crippen LogP contribution in [0.2, 0.25) is 25.2 Å². The predicted molar refractivity (Wildman–Crippen MR) is 70.0 cm³/mol. The molecule has 0 saturated carbocycles. The van der Waals surface area contributed by atoms with Crippen LogP contribution in [0.5, 0.6) is 0 Å². The highest BCUT2D eigenvalue weighted by Crippen LogP contribution is 2.30. The molecule has 6 heteroatoms. The van der Waals surface area contributed by atoms with E-state index in [1.54, 1.807) is 0 Å². The standard InChI is InChI=1S/C10H24N2O2Si2/c1-11-5-7-13-15(11,3)9-10-16(4)12(2)6-8-14-16/h5-10H2,1-4H3. The molecule has 2 heterocycles. The SMILES string of the molecule is CN1CCO[Si]1(C)CC[Si]1(C)OCCN1C. The Morgan fingerprint density at radius 3 is 1.50 bits per heavy atom. The van der Waals surface area contributed by atoms with E-state index in [-0.39, 0.29) is 0 Å². The molecular weight excluding hydrogens is 236 g/mol. The van der Waals surface area contributed by atoms with Crippen LogP contribution in [0, 0.1) is 0 Å². The van der Waals surface area contributed by atoms with E-state index in [1.165, 1.54) is 12.1 Å². The van der Waals surface area contributed by atoms with Crippen LogP contribution in [0.3, 0.4) is 0 Å². The van der Waals surface area contributed by atoms with Crippen LogP contribution in [-0.2, 0) is 8.85 Å². The van der Waals surface area contributed by atoms with E-state index >= 15 is 0 Å². The normalized spacial score (nSPS) is 42.0. The Morgan fingerprint density at radius 1 is 0.875 bits per heavy atom. The van der Waals surface area contributed by atoms with Crippen molar-refractivity contribution in [2.75, 3.05) is 40.4 Å². The van der Waals surface area contributed by atoms with Crippen molar-refractivity contribution < 1.29 is 8.85 Å². The first kappa shape index (κ1) is 12.7. The van der Waals surface area contributed by atoms with Crippen molar-refractivity contribution in [1.29, 1.82) is 0 Å². The Kier molecular flexibility index (Phi) is 3.58. The van der Waals surface area contributed by atoms with Gasteiger partial charge in [-0.05, 0) is 39.3 Å². The highest BCUT2D eigenvalue weighted by Gasteiger charge is 2.45. The van der Waals surface area contributed by atoms with Gasteiger partial charge in [0.2, 0.25) is 0 Å². The molecule has 2 aliphatic heterocycles. The molecule has 2 aliphatic rings. The van der Waals surface area contributed by atoms with Crippen molar-refractivity contribution in [2.45, 2.75) is 25.2 Å². The van der Waals surface area contributed by atoms with Gasteiger partial charge in [0.1, 0.15) is 0 Å². The van der Waals surface area contributed by atoms with Gasteiger partial charge in [0.05, 0.1) is 0 Å². The van der Waals surface area contributed by atoms with Crippen LogP contribution in [-0.4, -0.2) is 66.5 Å². The Labute approximate surface area is 101 Å². The number of nitrogens with zero attached hydrogens (tertiary/aromatic N) is 2. The second kappa shape index (κ2) is 4.51. The second-order valence-electron chi connectivity index (χ2n) is 5.39. The minimum Gasteiger partial charge on any atom is -0.402 e. The van der Waals surface area contributed by atoms with Gasteiger partial charge >= 0.3 is 0 Å². The lowest BCUT2D eigenvalue weighted by Gasteiger charge is -2.33. The molecule has 0 amide bonds. The number of hydrogen-bond acceptors (Lipinski definition) is 4. The quantitative estimate of drug-likeness (QED) is 0.708. The van der Waals surface area contributed by atoms with Gasteiger partial charge < -0.3 is 18.0 Å². The van der Waals surface area contributed by atoms with Gasteiger partial charge in [-0.3, -0.25) is 0 Å². The minimum atomic E-state index is -1.57. The van der Waals surface area contributed by atoms with Gasteiger partial charge in [-0.1, -0.05) is 0 Å². The first-order valence-electron chi connectivity index (χ1n) is 6.17. The summed E-state index contributed by atoms with van der Waals surface area (Å²) in [5.41, 5.74) is 0. The van der Waals surface area contributed by atoms with Crippen LogP contribution in [0.15, 0.2) is 0 Å². The van der Waals surface area contributed by atoms with Crippen molar-refractivity contribution in [3.63, 3.8) is 0 Å². The number of rotatable bonds is 3. The summed E-state index contributed by atoms with van der Waals surface area (Å²) in [6.45, 7) is 8.75. The number of hydrogen-bond donors (Lipinski definition) is 0. The van der Waals surface area contributed by atoms with Gasteiger partial charge in [-0.25, -0.2) is 0 Å². The van der Waals surface area contributed by atoms with Gasteiger partial charge in [0, 0.05) is 26.3 Å². The maximum Gasteiger partial charge on any atom is 0.267 e. The van der Waals surface area contributed by atoms with Crippen molar-refractivity contribution in [1.82, 2.24) is 9.13 Å². The van der Waals surface area contributed by atoms with Crippen LogP contribution >= 0.6 is 0 Å². The van der Waals surface area contributed by atoms with Crippen LogP contribution in [0.1, 0.15) is 0 Å². The fourth-order valence-electron chi connectivity index (χ4n) is 2.49. The highest BCUT2D eigenvalue weighted by atomic mass is 28.4. The third-order valence-corrected chi connectivity index (χ3v) is 12.5. The fraction of sp³-hybridized carbons (Fsp3) is 1.00. The Morgan fingerprint density at radius 2 is 1.25 bits per heavy atom. The first-order chi connectivity index (χ1) is 7.46. The van der Waals surface area contributed by atoms with E-state index in [0.717, 1.165) is 26.3 Å². The summed E-state index contributed by atoms with van der Waals surface area (Å²) in [5.74, 6) is 0. The Balaban J connectivity index is 1.91. The van der Waals surface area contributed by atoms with Crippen LogP contribution in [0.4, 0.5) is 0 Å². The lowest BCUT2D eigenvalue weighted by Crippen LogP contribution is -2.50. The smallest absolute Gasteiger partial charge is 0.267 e. The summed E-state index contributed by atoms with van der Waals surface area (Å²) in [7, 11) is 1.28. The molecule has 16 heavy (non-hydrogen) atoms. The van der Waals surface area contributed by atoms with Crippen molar-refractivity contribution >= 4 is 17.0 Å². The van der Waals surface area contributed by atoms with Gasteiger partial charge in [-0.2, -0.15) is 0 Å². The monoisotopic (exact) mass is 260 g/mol. The Bertz CT molecular complexity index is 243. The van der Waals surface area contributed by atoms with E-state index < -0.39 is 17.0 Å². The summed E-state index contributed by atoms with van der Waals surface area (Å²) < 4.78 is 16.9. The number of likely N-dealkylation sites (N-methyl/N-ethyl adjacent to an activating group) is 2. The molecule has 0 aliphatic carbocycles. The van der Waals surface area contributed by atoms with E-state index in [1.807, 2.05) is 0 Å². The zero-order chi connectivity index (χ0) is 11.8. The van der Waals surface area contributed by atoms with E-state index in [4.69, 9.17) is 8.85 Å². The van der Waals surface area contributed by atoms with E-state index in [9.17, 15) is 0 Å². The molecule has 2 unspecified atom stereocenters. The summed E-state index contributed by atoms with van der Waals surface area (Å²) in [5, 5.41) is 0. The largest absolute Gasteiger partial charge is 0.402 e. The molecule has 2 atom stereocenters. The van der Waals surface area contributed by atoms with Gasteiger partial charge in [0.15, 0.2) is 0 Å². The third kappa shape index (κ3) is 2.27. The topological polar surface area (TPSA) is 24.9 Å². The van der Waals surface area contributed by atoms with Gasteiger partial charge in [0.25, 0.3) is 17.0 Å². The summed E-state index contributed by atoms with van der Waals surface area (Å²) >= 11 is 0. The summed E-state index contributed by atoms with van der Waals surface area (Å²) in [6, 6.07) is 2.44. The molecule has 2 rings (SSSR count). The van der Waals surface area contributed by atoms with Crippen LogP contribution < -0.4 is 0 Å². The lowest BCUT2D eigenvalue weighted by molar-refractivity contribution is 0.345. The molecule has 0 spiro atoms.